The molecule has 1 aromatic carbocycles. The number of likely N-dealkylation sites (N-methyl/N-ethyl adjacent to an activating group) is 1. The lowest BCUT2D eigenvalue weighted by Crippen LogP contribution is -2.75. The van der Waals surface area contributed by atoms with Crippen LogP contribution in [0, 0.1) is 5.92 Å². The molecule has 2 nitrogen and oxygen atoms in total. The number of fused-ring (bicyclic) bond motifs is 4. The van der Waals surface area contributed by atoms with E-state index < -0.39 is 0 Å². The molecule has 0 amide bonds. The summed E-state index contributed by atoms with van der Waals surface area (Å²) in [5.41, 5.74) is 0.676. The van der Waals surface area contributed by atoms with E-state index in [0.717, 1.165) is 5.75 Å². The first-order valence-electron chi connectivity index (χ1n) is 7.05. The second-order valence-electron chi connectivity index (χ2n) is 6.41. The smallest absolute Gasteiger partial charge is 0.127 e. The number of rotatable bonds is 0. The van der Waals surface area contributed by atoms with Crippen molar-refractivity contribution in [1.29, 1.82) is 0 Å². The van der Waals surface area contributed by atoms with Crippen LogP contribution in [0.25, 0.3) is 0 Å². The summed E-state index contributed by atoms with van der Waals surface area (Å²) in [5, 5.41) is 0. The van der Waals surface area contributed by atoms with E-state index in [-0.39, 0.29) is 28.9 Å². The van der Waals surface area contributed by atoms with Gasteiger partial charge in [0, 0.05) is 17.5 Å². The van der Waals surface area contributed by atoms with Gasteiger partial charge in [0.25, 0.3) is 0 Å². The van der Waals surface area contributed by atoms with Gasteiger partial charge in [0.15, 0.2) is 0 Å². The van der Waals surface area contributed by atoms with Crippen LogP contribution >= 0.6 is 0 Å². The van der Waals surface area contributed by atoms with Gasteiger partial charge >= 0.3 is 0 Å². The maximum absolute atomic E-state index is 13.5. The lowest BCUT2D eigenvalue weighted by molar-refractivity contribution is -0.166. The van der Waals surface area contributed by atoms with Gasteiger partial charge in [-0.25, -0.2) is 4.39 Å². The highest BCUT2D eigenvalue weighted by Gasteiger charge is 2.70. The van der Waals surface area contributed by atoms with Gasteiger partial charge in [-0.2, -0.15) is 0 Å². The molecular weight excluding hydrogens is 253 g/mol. The Morgan fingerprint density at radius 1 is 1.25 bits per heavy atom. The molecule has 0 radical (unpaired) electrons. The first kappa shape index (κ1) is 12.2. The zero-order valence-electron chi connectivity index (χ0n) is 11.9. The number of likely N-dealkylation sites (tertiary alicyclic amines) is 1. The van der Waals surface area contributed by atoms with E-state index in [1.165, 1.54) is 5.56 Å². The largest absolute Gasteiger partial charge is 0.485 e. The van der Waals surface area contributed by atoms with Crippen molar-refractivity contribution in [2.24, 2.45) is 5.92 Å². The van der Waals surface area contributed by atoms with Crippen molar-refractivity contribution in [2.45, 2.75) is 31.0 Å². The Bertz CT molecular complexity index is 648. The first-order valence-corrected chi connectivity index (χ1v) is 7.05. The van der Waals surface area contributed by atoms with Crippen molar-refractivity contribution in [3.63, 3.8) is 0 Å². The Morgan fingerprint density at radius 2 is 2.00 bits per heavy atom. The van der Waals surface area contributed by atoms with E-state index in [9.17, 15) is 4.39 Å². The van der Waals surface area contributed by atoms with Gasteiger partial charge in [0.1, 0.15) is 17.2 Å². The molecule has 104 valence electrons. The van der Waals surface area contributed by atoms with Crippen LogP contribution in [0.15, 0.2) is 48.3 Å². The molecule has 1 aliphatic carbocycles. The third-order valence-corrected chi connectivity index (χ3v) is 5.23. The van der Waals surface area contributed by atoms with Crippen molar-refractivity contribution < 1.29 is 9.13 Å². The zero-order chi connectivity index (χ0) is 14.1. The molecule has 0 saturated carbocycles. The van der Waals surface area contributed by atoms with Gasteiger partial charge in [-0.1, -0.05) is 24.3 Å². The Hall–Kier alpha value is -1.61. The summed E-state index contributed by atoms with van der Waals surface area (Å²) in [6.45, 7) is 4.25. The highest BCUT2D eigenvalue weighted by atomic mass is 19.1. The van der Waals surface area contributed by atoms with Crippen molar-refractivity contribution in [1.82, 2.24) is 4.90 Å². The van der Waals surface area contributed by atoms with E-state index in [1.54, 1.807) is 12.2 Å². The van der Waals surface area contributed by atoms with Crippen molar-refractivity contribution in [3.05, 3.63) is 53.9 Å². The standard InChI is InChI=1S/C17H18FNO/c1-16(2)17(13-6-4-5-7-15(13)20-16)12-9-8-11(18)10-14(12)19(17)3/h4-10,12,14H,1-3H3/t12?,14-,17?/m0/s1. The number of hydrogen-bond acceptors (Lipinski definition) is 2. The third-order valence-electron chi connectivity index (χ3n) is 5.23. The number of halogens is 1. The lowest BCUT2D eigenvalue weighted by atomic mass is 9.57. The summed E-state index contributed by atoms with van der Waals surface area (Å²) in [6, 6.07) is 8.33. The Balaban J connectivity index is 1.91. The molecule has 3 atom stereocenters. The topological polar surface area (TPSA) is 12.5 Å². The summed E-state index contributed by atoms with van der Waals surface area (Å²) in [6.07, 6.45) is 5.31. The van der Waals surface area contributed by atoms with Crippen molar-refractivity contribution in [3.8, 4) is 5.75 Å². The van der Waals surface area contributed by atoms with Gasteiger partial charge in [0.05, 0.1) is 5.54 Å². The average molecular weight is 271 g/mol. The van der Waals surface area contributed by atoms with Gasteiger partial charge in [-0.3, -0.25) is 4.90 Å². The molecular formula is C17H18FNO. The molecule has 2 aliphatic heterocycles. The fourth-order valence-corrected chi connectivity index (χ4v) is 4.50. The predicted octanol–water partition coefficient (Wildman–Crippen LogP) is 3.41. The molecule has 1 spiro atoms. The highest BCUT2D eigenvalue weighted by Crippen LogP contribution is 2.63. The number of nitrogens with zero attached hydrogens (tertiary/aromatic N) is 1. The summed E-state index contributed by atoms with van der Waals surface area (Å²) in [7, 11) is 2.07. The summed E-state index contributed by atoms with van der Waals surface area (Å²) in [5.74, 6) is 1.06. The second-order valence-corrected chi connectivity index (χ2v) is 6.41. The Labute approximate surface area is 118 Å². The van der Waals surface area contributed by atoms with Crippen LogP contribution in [0.1, 0.15) is 19.4 Å². The molecule has 3 aliphatic rings. The van der Waals surface area contributed by atoms with Gasteiger partial charge in [0.2, 0.25) is 0 Å². The first-order chi connectivity index (χ1) is 9.48. The van der Waals surface area contributed by atoms with Crippen LogP contribution in [0.5, 0.6) is 5.75 Å². The van der Waals surface area contributed by atoms with Crippen LogP contribution in [-0.2, 0) is 5.54 Å². The molecule has 0 aromatic heterocycles. The minimum absolute atomic E-state index is 0.119. The fourth-order valence-electron chi connectivity index (χ4n) is 4.50. The van der Waals surface area contributed by atoms with E-state index in [0.29, 0.717) is 0 Å². The second kappa shape index (κ2) is 3.53. The maximum Gasteiger partial charge on any atom is 0.127 e. The molecule has 0 N–H and O–H groups in total. The Morgan fingerprint density at radius 3 is 2.80 bits per heavy atom. The maximum atomic E-state index is 13.5. The van der Waals surface area contributed by atoms with Gasteiger partial charge in [-0.05, 0) is 39.1 Å². The quantitative estimate of drug-likeness (QED) is 0.717. The van der Waals surface area contributed by atoms with Crippen LogP contribution < -0.4 is 4.74 Å². The SMILES string of the molecule is CN1[C@H]2C=C(F)C=CC2C12c1ccccc1OC2(C)C. The number of ether oxygens (including phenoxy) is 1. The number of hydrogen-bond donors (Lipinski definition) is 0. The lowest BCUT2D eigenvalue weighted by Gasteiger charge is -2.64. The van der Waals surface area contributed by atoms with Crippen LogP contribution in [0.3, 0.4) is 0 Å². The minimum Gasteiger partial charge on any atom is -0.485 e. The van der Waals surface area contributed by atoms with Crippen LogP contribution in [-0.4, -0.2) is 23.6 Å². The third kappa shape index (κ3) is 1.14. The molecule has 2 unspecified atom stereocenters. The van der Waals surface area contributed by atoms with E-state index in [1.807, 2.05) is 18.2 Å². The van der Waals surface area contributed by atoms with Crippen molar-refractivity contribution >= 4 is 0 Å². The molecule has 0 bridgehead atoms. The average Bonchev–Trinajstić information content (AvgIpc) is 2.66. The molecule has 1 aromatic rings. The van der Waals surface area contributed by atoms with Crippen LogP contribution in [0.2, 0.25) is 0 Å². The zero-order valence-corrected chi connectivity index (χ0v) is 11.9. The van der Waals surface area contributed by atoms with E-state index in [4.69, 9.17) is 4.74 Å². The monoisotopic (exact) mass is 271 g/mol. The molecule has 3 heteroatoms. The Kier molecular flexibility index (Phi) is 2.14. The fraction of sp³-hybridized carbons (Fsp3) is 0.412. The molecule has 1 fully saturated rings. The number of allylic oxidation sites excluding steroid dienone is 2. The summed E-state index contributed by atoms with van der Waals surface area (Å²) >= 11 is 0. The molecule has 20 heavy (non-hydrogen) atoms. The number of benzene rings is 1. The highest BCUT2D eigenvalue weighted by molar-refractivity contribution is 5.52. The molecule has 4 rings (SSSR count). The van der Waals surface area contributed by atoms with Gasteiger partial charge < -0.3 is 4.74 Å². The summed E-state index contributed by atoms with van der Waals surface area (Å²) < 4.78 is 19.7. The normalized spacial score (nSPS) is 36.9. The summed E-state index contributed by atoms with van der Waals surface area (Å²) in [4.78, 5) is 2.26. The molecule has 2 heterocycles. The van der Waals surface area contributed by atoms with Gasteiger partial charge in [-0.15, -0.1) is 0 Å². The number of para-hydroxylation sites is 1. The van der Waals surface area contributed by atoms with Crippen molar-refractivity contribution in [2.75, 3.05) is 7.05 Å². The van der Waals surface area contributed by atoms with E-state index in [2.05, 4.69) is 37.9 Å². The minimum atomic E-state index is -0.335. The molecule has 1 saturated heterocycles. The van der Waals surface area contributed by atoms with Crippen LogP contribution in [0.4, 0.5) is 4.39 Å². The predicted molar refractivity (Wildman–Crippen MR) is 76.2 cm³/mol. The van der Waals surface area contributed by atoms with E-state index >= 15 is 0 Å².